The van der Waals surface area contributed by atoms with Gasteiger partial charge in [0.05, 0.1) is 17.8 Å². The predicted octanol–water partition coefficient (Wildman–Crippen LogP) is 7.09. The zero-order chi connectivity index (χ0) is 29.1. The van der Waals surface area contributed by atoms with Gasteiger partial charge in [-0.3, -0.25) is 4.79 Å². The normalized spacial score (nSPS) is 13.6. The maximum Gasteiger partial charge on any atom is 0.345 e. The Morgan fingerprint density at radius 1 is 1.00 bits per heavy atom. The van der Waals surface area contributed by atoms with E-state index in [1.165, 1.54) is 0 Å². The van der Waals surface area contributed by atoms with Gasteiger partial charge in [-0.2, -0.15) is 0 Å². The second-order valence-corrected chi connectivity index (χ2v) is 8.31. The molecule has 3 rings (SSSR count). The number of ether oxygens (including phenoxy) is 1. The number of likely N-dealkylation sites (N-methyl/N-ethyl adjacent to an activating group) is 1. The summed E-state index contributed by atoms with van der Waals surface area (Å²) >= 11 is 0. The van der Waals surface area contributed by atoms with Crippen molar-refractivity contribution in [3.05, 3.63) is 77.1 Å². The number of rotatable bonds is 8. The number of aromatic nitrogens is 1. The van der Waals surface area contributed by atoms with E-state index in [1.807, 2.05) is 58.9 Å². The maximum absolute atomic E-state index is 13.7. The third-order valence-corrected chi connectivity index (χ3v) is 5.86. The van der Waals surface area contributed by atoms with Crippen molar-refractivity contribution in [1.29, 1.82) is 0 Å². The molecule has 0 saturated carbocycles. The van der Waals surface area contributed by atoms with Crippen molar-refractivity contribution in [3.8, 4) is 0 Å². The van der Waals surface area contributed by atoms with E-state index in [9.17, 15) is 9.59 Å². The number of para-hydroxylation sites is 1. The minimum absolute atomic E-state index is 0.147. The van der Waals surface area contributed by atoms with Gasteiger partial charge in [-0.1, -0.05) is 76.6 Å². The number of hydrogen-bond donors (Lipinski definition) is 0. The zero-order valence-electron chi connectivity index (χ0n) is 25.2. The predicted molar refractivity (Wildman–Crippen MR) is 166 cm³/mol. The van der Waals surface area contributed by atoms with Crippen molar-refractivity contribution >= 4 is 22.6 Å². The minimum Gasteiger partial charge on any atom is -0.462 e. The van der Waals surface area contributed by atoms with Crippen molar-refractivity contribution in [3.63, 3.8) is 0 Å². The van der Waals surface area contributed by atoms with Gasteiger partial charge in [0.1, 0.15) is 5.56 Å². The molecule has 0 atom stereocenters. The summed E-state index contributed by atoms with van der Waals surface area (Å²) in [5.74, 6) is -0.543. The van der Waals surface area contributed by atoms with Crippen LogP contribution in [0.25, 0.3) is 10.9 Å². The van der Waals surface area contributed by atoms with E-state index >= 15 is 0 Å². The molecule has 0 aliphatic carbocycles. The lowest BCUT2D eigenvalue weighted by molar-refractivity contribution is 0.0524. The molecule has 0 unspecified atom stereocenters. The fourth-order valence-electron chi connectivity index (χ4n) is 4.14. The minimum atomic E-state index is -0.543. The number of allylic oxidation sites excluding steroid dienone is 4. The Labute approximate surface area is 231 Å². The zero-order valence-corrected chi connectivity index (χ0v) is 25.2. The lowest BCUT2D eigenvalue weighted by Crippen LogP contribution is -2.46. The molecule has 0 radical (unpaired) electrons. The molecule has 1 saturated heterocycles. The van der Waals surface area contributed by atoms with Gasteiger partial charge in [-0.05, 0) is 39.8 Å². The first-order chi connectivity index (χ1) is 18.5. The Morgan fingerprint density at radius 3 is 2.18 bits per heavy atom. The van der Waals surface area contributed by atoms with Crippen molar-refractivity contribution in [2.45, 2.75) is 67.9 Å². The van der Waals surface area contributed by atoms with E-state index in [1.54, 1.807) is 11.5 Å². The second-order valence-electron chi connectivity index (χ2n) is 8.31. The van der Waals surface area contributed by atoms with Crippen LogP contribution in [-0.4, -0.2) is 55.3 Å². The fraction of sp³-hybridized carbons (Fsp3) is 0.500. The van der Waals surface area contributed by atoms with E-state index in [0.717, 1.165) is 55.5 Å². The standard InChI is InChI=1S/C26H35N3O3.2C2H6.C2H4/c1-5-7-8-9-12-20(3)19-29-22-14-11-10-13-21(22)24(28-17-15-27(4)16-18-28)23(25(29)30)26(31)32-6-2;3*1-2/h7-8,10-14H,5-6,9,15-19H2,1-4H3;2*1-2H3;1-2H2/b8-7-,20-12+;;;. The number of fused-ring (bicyclic) bond motifs is 1. The highest BCUT2D eigenvalue weighted by Gasteiger charge is 2.28. The fourth-order valence-corrected chi connectivity index (χ4v) is 4.14. The number of carbonyl (C=O) groups excluding carboxylic acids is 1. The number of piperazine rings is 1. The number of carbonyl (C=O) groups is 1. The SMILES string of the molecule is C=C.CC.CC.CC/C=C\C/C=C(\C)Cn1c(=O)c(C(=O)OCC)c(N2CCN(C)CC2)c2ccccc21. The average Bonchev–Trinajstić information content (AvgIpc) is 2.96. The maximum atomic E-state index is 13.7. The third-order valence-electron chi connectivity index (χ3n) is 5.86. The van der Waals surface area contributed by atoms with E-state index in [0.29, 0.717) is 12.2 Å². The summed E-state index contributed by atoms with van der Waals surface area (Å²) in [6.07, 6.45) is 8.23. The van der Waals surface area contributed by atoms with Gasteiger partial charge < -0.3 is 19.1 Å². The Morgan fingerprint density at radius 2 is 1.61 bits per heavy atom. The lowest BCUT2D eigenvalue weighted by atomic mass is 10.1. The molecule has 0 N–H and O–H groups in total. The van der Waals surface area contributed by atoms with Gasteiger partial charge in [0.2, 0.25) is 0 Å². The molecule has 1 aliphatic heterocycles. The molecule has 0 bridgehead atoms. The van der Waals surface area contributed by atoms with Crippen LogP contribution < -0.4 is 10.5 Å². The molecule has 1 aromatic heterocycles. The first-order valence-corrected chi connectivity index (χ1v) is 14.0. The van der Waals surface area contributed by atoms with E-state index in [-0.39, 0.29) is 17.7 Å². The monoisotopic (exact) mass is 525 g/mol. The molecular weight excluding hydrogens is 474 g/mol. The smallest absolute Gasteiger partial charge is 0.345 e. The van der Waals surface area contributed by atoms with Gasteiger partial charge in [0, 0.05) is 38.1 Å². The van der Waals surface area contributed by atoms with Crippen LogP contribution in [0.2, 0.25) is 0 Å². The summed E-state index contributed by atoms with van der Waals surface area (Å²) in [7, 11) is 2.09. The Kier molecular flexibility index (Phi) is 18.3. The molecule has 1 fully saturated rings. The number of hydrogen-bond acceptors (Lipinski definition) is 5. The van der Waals surface area contributed by atoms with E-state index in [4.69, 9.17) is 4.74 Å². The second kappa shape index (κ2) is 19.9. The highest BCUT2D eigenvalue weighted by Crippen LogP contribution is 2.30. The van der Waals surface area contributed by atoms with Crippen LogP contribution in [0, 0.1) is 0 Å². The van der Waals surface area contributed by atoms with Gasteiger partial charge in [0.15, 0.2) is 0 Å². The number of esters is 1. The highest BCUT2D eigenvalue weighted by molar-refractivity contribution is 6.05. The van der Waals surface area contributed by atoms with Crippen LogP contribution in [0.4, 0.5) is 5.69 Å². The van der Waals surface area contributed by atoms with E-state index < -0.39 is 5.97 Å². The summed E-state index contributed by atoms with van der Waals surface area (Å²) in [6.45, 7) is 23.9. The Balaban J connectivity index is 0.00000213. The third kappa shape index (κ3) is 9.64. The summed E-state index contributed by atoms with van der Waals surface area (Å²) in [5, 5.41) is 0.915. The average molecular weight is 526 g/mol. The van der Waals surface area contributed by atoms with Crippen LogP contribution >= 0.6 is 0 Å². The van der Waals surface area contributed by atoms with Gasteiger partial charge in [-0.25, -0.2) is 4.79 Å². The highest BCUT2D eigenvalue weighted by atomic mass is 16.5. The topological polar surface area (TPSA) is 54.8 Å². The summed E-state index contributed by atoms with van der Waals surface area (Å²) in [6, 6.07) is 7.88. The lowest BCUT2D eigenvalue weighted by Gasteiger charge is -2.35. The molecule has 1 aromatic carbocycles. The van der Waals surface area contributed by atoms with Crippen LogP contribution in [0.15, 0.2) is 66.0 Å². The molecular formula is C32H51N3O3. The summed E-state index contributed by atoms with van der Waals surface area (Å²) < 4.78 is 7.07. The Hall–Kier alpha value is -3.12. The van der Waals surface area contributed by atoms with Crippen LogP contribution in [0.1, 0.15) is 71.7 Å². The number of pyridine rings is 1. The van der Waals surface area contributed by atoms with Crippen molar-refractivity contribution in [2.24, 2.45) is 0 Å². The summed E-state index contributed by atoms with van der Waals surface area (Å²) in [5.41, 5.74) is 2.50. The van der Waals surface area contributed by atoms with Crippen LogP contribution in [0.5, 0.6) is 0 Å². The van der Waals surface area contributed by atoms with Crippen LogP contribution in [0.3, 0.4) is 0 Å². The summed E-state index contributed by atoms with van der Waals surface area (Å²) in [4.78, 5) is 31.2. The molecule has 0 spiro atoms. The molecule has 6 nitrogen and oxygen atoms in total. The number of anilines is 1. The number of benzene rings is 1. The molecule has 0 amide bonds. The first kappa shape index (κ1) is 34.9. The first-order valence-electron chi connectivity index (χ1n) is 14.0. The molecule has 2 aromatic rings. The molecule has 1 aliphatic rings. The van der Waals surface area contributed by atoms with Crippen molar-refractivity contribution < 1.29 is 9.53 Å². The Bertz CT molecular complexity index is 1080. The molecule has 2 heterocycles. The van der Waals surface area contributed by atoms with Crippen LogP contribution in [-0.2, 0) is 11.3 Å². The van der Waals surface area contributed by atoms with E-state index in [2.05, 4.69) is 55.2 Å². The van der Waals surface area contributed by atoms with Gasteiger partial charge in [0.25, 0.3) is 5.56 Å². The van der Waals surface area contributed by atoms with Gasteiger partial charge >= 0.3 is 5.97 Å². The van der Waals surface area contributed by atoms with Crippen molar-refractivity contribution in [2.75, 3.05) is 44.7 Å². The molecule has 6 heteroatoms. The quantitative estimate of drug-likeness (QED) is 0.272. The largest absolute Gasteiger partial charge is 0.462 e. The van der Waals surface area contributed by atoms with Crippen molar-refractivity contribution in [1.82, 2.24) is 9.47 Å². The number of nitrogens with zero attached hydrogens (tertiary/aromatic N) is 3. The molecule has 38 heavy (non-hydrogen) atoms. The van der Waals surface area contributed by atoms with Gasteiger partial charge in [-0.15, -0.1) is 13.2 Å². The molecule has 212 valence electrons.